The Morgan fingerprint density at radius 2 is 1.86 bits per heavy atom. The van der Waals surface area contributed by atoms with E-state index in [0.29, 0.717) is 18.5 Å². The molecule has 2 N–H and O–H groups in total. The van der Waals surface area contributed by atoms with Gasteiger partial charge < -0.3 is 10.4 Å². The summed E-state index contributed by atoms with van der Waals surface area (Å²) in [4.78, 5) is 22.3. The Labute approximate surface area is 130 Å². The molecule has 1 unspecified atom stereocenters. The Hall–Kier alpha value is -1.91. The summed E-state index contributed by atoms with van der Waals surface area (Å²) < 4.78 is 13.1. The first-order valence-electron chi connectivity index (χ1n) is 7.75. The van der Waals surface area contributed by atoms with Crippen molar-refractivity contribution in [2.24, 2.45) is 0 Å². The Balaban J connectivity index is 2.14. The number of nitrogens with one attached hydrogen (secondary N) is 1. The highest BCUT2D eigenvalue weighted by Crippen LogP contribution is 2.16. The third-order valence-electron chi connectivity index (χ3n) is 3.61. The van der Waals surface area contributed by atoms with Crippen LogP contribution in [0.2, 0.25) is 0 Å². The predicted octanol–water partition coefficient (Wildman–Crippen LogP) is 3.47. The molecule has 122 valence electrons. The van der Waals surface area contributed by atoms with Crippen molar-refractivity contribution in [3.8, 4) is 0 Å². The van der Waals surface area contributed by atoms with Crippen molar-refractivity contribution in [1.29, 1.82) is 0 Å². The van der Waals surface area contributed by atoms with Gasteiger partial charge >= 0.3 is 5.97 Å². The summed E-state index contributed by atoms with van der Waals surface area (Å²) >= 11 is 0. The number of hydrogen-bond acceptors (Lipinski definition) is 2. The van der Waals surface area contributed by atoms with E-state index in [9.17, 15) is 14.0 Å². The number of benzene rings is 1. The van der Waals surface area contributed by atoms with Crippen molar-refractivity contribution in [3.63, 3.8) is 0 Å². The van der Waals surface area contributed by atoms with Gasteiger partial charge in [0.15, 0.2) is 0 Å². The summed E-state index contributed by atoms with van der Waals surface area (Å²) in [7, 11) is 0. The van der Waals surface area contributed by atoms with Gasteiger partial charge in [0.05, 0.1) is 5.92 Å². The predicted molar refractivity (Wildman–Crippen MR) is 83.2 cm³/mol. The third kappa shape index (κ3) is 7.20. The number of halogens is 1. The third-order valence-corrected chi connectivity index (χ3v) is 3.61. The van der Waals surface area contributed by atoms with Crippen LogP contribution in [0.5, 0.6) is 0 Å². The molecule has 0 radical (unpaired) electrons. The maximum Gasteiger partial charge on any atom is 0.303 e. The maximum atomic E-state index is 13.1. The van der Waals surface area contributed by atoms with Gasteiger partial charge in [0, 0.05) is 13.0 Å². The lowest BCUT2D eigenvalue weighted by Gasteiger charge is -2.12. The Kier molecular flexibility index (Phi) is 8.18. The zero-order valence-electron chi connectivity index (χ0n) is 13.0. The fourth-order valence-corrected chi connectivity index (χ4v) is 2.22. The molecule has 0 saturated heterocycles. The summed E-state index contributed by atoms with van der Waals surface area (Å²) in [5.41, 5.74) is 0.672. The molecule has 0 aliphatic heterocycles. The minimum Gasteiger partial charge on any atom is -0.481 e. The molecule has 0 bridgehead atoms. The van der Waals surface area contributed by atoms with Crippen LogP contribution in [0.25, 0.3) is 0 Å². The molecule has 0 aromatic heterocycles. The van der Waals surface area contributed by atoms with E-state index < -0.39 is 5.97 Å². The van der Waals surface area contributed by atoms with Gasteiger partial charge in [0.2, 0.25) is 5.91 Å². The van der Waals surface area contributed by atoms with Gasteiger partial charge in [-0.1, -0.05) is 31.4 Å². The van der Waals surface area contributed by atoms with Gasteiger partial charge in [0.1, 0.15) is 5.82 Å². The van der Waals surface area contributed by atoms with E-state index >= 15 is 0 Å². The minimum absolute atomic E-state index is 0.100. The number of carboxylic acids is 1. The average Bonchev–Trinajstić information content (AvgIpc) is 2.48. The molecule has 1 atom stereocenters. The van der Waals surface area contributed by atoms with Crippen LogP contribution in [0, 0.1) is 5.82 Å². The van der Waals surface area contributed by atoms with E-state index in [4.69, 9.17) is 5.11 Å². The first-order valence-corrected chi connectivity index (χ1v) is 7.75. The van der Waals surface area contributed by atoms with Gasteiger partial charge in [-0.25, -0.2) is 4.39 Å². The molecule has 1 rings (SSSR count). The van der Waals surface area contributed by atoms with Gasteiger partial charge in [-0.3, -0.25) is 9.59 Å². The molecule has 0 saturated carbocycles. The summed E-state index contributed by atoms with van der Waals surface area (Å²) in [5.74, 6) is -1.56. The molecule has 0 aliphatic carbocycles. The number of amides is 1. The van der Waals surface area contributed by atoms with Crippen molar-refractivity contribution in [1.82, 2.24) is 5.32 Å². The standard InChI is InChI=1S/C17H24FNO3/c1-13(14-8-7-9-15(18)12-14)17(22)19-11-6-4-2-3-5-10-16(20)21/h7-9,12-13H,2-6,10-11H2,1H3,(H,19,22)(H,20,21). The molecule has 1 amide bonds. The van der Waals surface area contributed by atoms with E-state index in [0.717, 1.165) is 25.7 Å². The van der Waals surface area contributed by atoms with E-state index in [1.54, 1.807) is 19.1 Å². The summed E-state index contributed by atoms with van der Waals surface area (Å²) in [5, 5.41) is 11.4. The molecule has 0 aliphatic rings. The Morgan fingerprint density at radius 3 is 2.55 bits per heavy atom. The number of hydrogen-bond donors (Lipinski definition) is 2. The molecular formula is C17H24FNO3. The van der Waals surface area contributed by atoms with E-state index in [-0.39, 0.29) is 24.1 Å². The van der Waals surface area contributed by atoms with Crippen LogP contribution in [0.15, 0.2) is 24.3 Å². The topological polar surface area (TPSA) is 66.4 Å². The molecule has 1 aromatic carbocycles. The SMILES string of the molecule is CC(C(=O)NCCCCCCCC(=O)O)c1cccc(F)c1. The second-order valence-electron chi connectivity index (χ2n) is 5.48. The van der Waals surface area contributed by atoms with E-state index in [1.165, 1.54) is 12.1 Å². The largest absolute Gasteiger partial charge is 0.481 e. The van der Waals surface area contributed by atoms with Crippen LogP contribution in [0.4, 0.5) is 4.39 Å². The maximum absolute atomic E-state index is 13.1. The summed E-state index contributed by atoms with van der Waals surface area (Å²) in [6.07, 6.45) is 4.64. The molecular weight excluding hydrogens is 285 g/mol. The molecule has 4 nitrogen and oxygen atoms in total. The fourth-order valence-electron chi connectivity index (χ4n) is 2.22. The number of rotatable bonds is 10. The van der Waals surface area contributed by atoms with Gasteiger partial charge in [0.25, 0.3) is 0 Å². The highest BCUT2D eigenvalue weighted by Gasteiger charge is 2.14. The van der Waals surface area contributed by atoms with E-state index in [1.807, 2.05) is 0 Å². The number of carbonyl (C=O) groups is 2. The summed E-state index contributed by atoms with van der Waals surface area (Å²) in [6.45, 7) is 2.35. The molecule has 0 spiro atoms. The first kappa shape index (κ1) is 18.1. The fraction of sp³-hybridized carbons (Fsp3) is 0.529. The van der Waals surface area contributed by atoms with Gasteiger partial charge in [-0.2, -0.15) is 0 Å². The summed E-state index contributed by atoms with van der Waals surface area (Å²) in [6, 6.07) is 6.09. The van der Waals surface area contributed by atoms with Crippen LogP contribution in [0.3, 0.4) is 0 Å². The normalized spacial score (nSPS) is 11.9. The van der Waals surface area contributed by atoms with Crippen LogP contribution >= 0.6 is 0 Å². The second-order valence-corrected chi connectivity index (χ2v) is 5.48. The van der Waals surface area contributed by atoms with Crippen LogP contribution in [-0.2, 0) is 9.59 Å². The molecule has 0 heterocycles. The van der Waals surface area contributed by atoms with Crippen LogP contribution < -0.4 is 5.32 Å². The van der Waals surface area contributed by atoms with Crippen molar-refractivity contribution >= 4 is 11.9 Å². The quantitative estimate of drug-likeness (QED) is 0.650. The van der Waals surface area contributed by atoms with Crippen molar-refractivity contribution in [2.45, 2.75) is 51.4 Å². The zero-order valence-corrected chi connectivity index (χ0v) is 13.0. The lowest BCUT2D eigenvalue weighted by atomic mass is 10.0. The van der Waals surface area contributed by atoms with Crippen molar-refractivity contribution in [3.05, 3.63) is 35.6 Å². The van der Waals surface area contributed by atoms with Crippen molar-refractivity contribution in [2.75, 3.05) is 6.54 Å². The van der Waals surface area contributed by atoms with Crippen LogP contribution in [0.1, 0.15) is 56.9 Å². The Morgan fingerprint density at radius 1 is 1.18 bits per heavy atom. The highest BCUT2D eigenvalue weighted by molar-refractivity contribution is 5.83. The highest BCUT2D eigenvalue weighted by atomic mass is 19.1. The smallest absolute Gasteiger partial charge is 0.303 e. The number of aliphatic carboxylic acids is 1. The monoisotopic (exact) mass is 309 g/mol. The lowest BCUT2D eigenvalue weighted by Crippen LogP contribution is -2.28. The minimum atomic E-state index is -0.751. The number of carboxylic acid groups (broad SMARTS) is 1. The lowest BCUT2D eigenvalue weighted by molar-refractivity contribution is -0.137. The average molecular weight is 309 g/mol. The Bertz CT molecular complexity index is 491. The molecule has 1 aromatic rings. The number of carbonyl (C=O) groups excluding carboxylic acids is 1. The van der Waals surface area contributed by atoms with Gasteiger partial charge in [-0.15, -0.1) is 0 Å². The molecule has 22 heavy (non-hydrogen) atoms. The second kappa shape index (κ2) is 9.92. The number of unbranched alkanes of at least 4 members (excludes halogenated alkanes) is 4. The van der Waals surface area contributed by atoms with Gasteiger partial charge in [-0.05, 0) is 37.5 Å². The zero-order chi connectivity index (χ0) is 16.4. The van der Waals surface area contributed by atoms with Crippen LogP contribution in [-0.4, -0.2) is 23.5 Å². The van der Waals surface area contributed by atoms with E-state index in [2.05, 4.69) is 5.32 Å². The van der Waals surface area contributed by atoms with Crippen molar-refractivity contribution < 1.29 is 19.1 Å². The molecule has 0 fully saturated rings. The molecule has 5 heteroatoms. The first-order chi connectivity index (χ1) is 10.5.